The van der Waals surface area contributed by atoms with Gasteiger partial charge < -0.3 is 5.32 Å². The van der Waals surface area contributed by atoms with Crippen molar-refractivity contribution in [3.8, 4) is 0 Å². The van der Waals surface area contributed by atoms with Crippen molar-refractivity contribution in [3.63, 3.8) is 0 Å². The molecule has 4 heteroatoms. The van der Waals surface area contributed by atoms with Crippen LogP contribution >= 0.6 is 12.4 Å². The number of halogens is 1. The molecule has 1 heterocycles. The Kier molecular flexibility index (Phi) is 4.18. The Hall–Kier alpha value is -1.48. The average molecular weight is 224 g/mol. The van der Waals surface area contributed by atoms with Crippen LogP contribution in [0.5, 0.6) is 0 Å². The molecule has 0 amide bonds. The van der Waals surface area contributed by atoms with E-state index in [2.05, 4.69) is 22.5 Å². The maximum atomic E-state index is 4.24. The van der Waals surface area contributed by atoms with E-state index in [1.807, 2.05) is 42.3 Å². The van der Waals surface area contributed by atoms with Crippen molar-refractivity contribution >= 4 is 18.1 Å². The SMILES string of the molecule is CNc1cnn(Cc2ccccc2)c1.Cl. The van der Waals surface area contributed by atoms with Crippen LogP contribution in [0.1, 0.15) is 5.56 Å². The third kappa shape index (κ3) is 2.99. The van der Waals surface area contributed by atoms with Crippen molar-refractivity contribution in [1.82, 2.24) is 9.78 Å². The molecule has 1 aromatic heterocycles. The summed E-state index contributed by atoms with van der Waals surface area (Å²) in [4.78, 5) is 0. The van der Waals surface area contributed by atoms with E-state index in [1.54, 1.807) is 0 Å². The molecule has 0 aliphatic carbocycles. The van der Waals surface area contributed by atoms with E-state index in [4.69, 9.17) is 0 Å². The van der Waals surface area contributed by atoms with E-state index in [1.165, 1.54) is 5.56 Å². The first-order valence-electron chi connectivity index (χ1n) is 4.62. The Labute approximate surface area is 95.5 Å². The predicted octanol–water partition coefficient (Wildman–Crippen LogP) is 2.39. The quantitative estimate of drug-likeness (QED) is 0.866. The Morgan fingerprint density at radius 3 is 2.60 bits per heavy atom. The van der Waals surface area contributed by atoms with E-state index < -0.39 is 0 Å². The number of nitrogens with one attached hydrogen (secondary N) is 1. The fourth-order valence-corrected chi connectivity index (χ4v) is 1.35. The van der Waals surface area contributed by atoms with Gasteiger partial charge in [0.15, 0.2) is 0 Å². The highest BCUT2D eigenvalue weighted by atomic mass is 35.5. The van der Waals surface area contributed by atoms with Crippen LogP contribution in [0.3, 0.4) is 0 Å². The monoisotopic (exact) mass is 223 g/mol. The van der Waals surface area contributed by atoms with Crippen molar-refractivity contribution in [2.45, 2.75) is 6.54 Å². The summed E-state index contributed by atoms with van der Waals surface area (Å²) in [6.45, 7) is 0.822. The summed E-state index contributed by atoms with van der Waals surface area (Å²) in [6, 6.07) is 10.3. The molecule has 0 unspecified atom stereocenters. The second kappa shape index (κ2) is 5.41. The first-order valence-corrected chi connectivity index (χ1v) is 4.62. The van der Waals surface area contributed by atoms with Gasteiger partial charge in [-0.3, -0.25) is 4.68 Å². The molecule has 0 aliphatic rings. The van der Waals surface area contributed by atoms with Crippen molar-refractivity contribution in [1.29, 1.82) is 0 Å². The fraction of sp³-hybridized carbons (Fsp3) is 0.182. The van der Waals surface area contributed by atoms with E-state index in [0.717, 1.165) is 12.2 Å². The molecule has 2 rings (SSSR count). The predicted molar refractivity (Wildman–Crippen MR) is 64.6 cm³/mol. The molecule has 15 heavy (non-hydrogen) atoms. The largest absolute Gasteiger partial charge is 0.386 e. The molecule has 3 nitrogen and oxygen atoms in total. The van der Waals surface area contributed by atoms with E-state index in [0.29, 0.717) is 0 Å². The number of rotatable bonds is 3. The molecular weight excluding hydrogens is 210 g/mol. The number of hydrogen-bond donors (Lipinski definition) is 1. The molecule has 80 valence electrons. The van der Waals surface area contributed by atoms with Gasteiger partial charge in [-0.2, -0.15) is 5.10 Å². The summed E-state index contributed by atoms with van der Waals surface area (Å²) in [5.41, 5.74) is 2.30. The normalized spacial score (nSPS) is 9.40. The van der Waals surface area contributed by atoms with Gasteiger partial charge in [0, 0.05) is 13.2 Å². The minimum atomic E-state index is 0. The van der Waals surface area contributed by atoms with Crippen LogP contribution in [0, 0.1) is 0 Å². The topological polar surface area (TPSA) is 29.9 Å². The highest BCUT2D eigenvalue weighted by Crippen LogP contribution is 2.06. The molecule has 1 N–H and O–H groups in total. The maximum Gasteiger partial charge on any atom is 0.0724 e. The molecule has 0 saturated heterocycles. The van der Waals surface area contributed by atoms with Crippen molar-refractivity contribution in [3.05, 3.63) is 48.3 Å². The Morgan fingerprint density at radius 1 is 1.27 bits per heavy atom. The number of benzene rings is 1. The summed E-state index contributed by atoms with van der Waals surface area (Å²) >= 11 is 0. The first kappa shape index (κ1) is 11.6. The Balaban J connectivity index is 0.00000112. The second-order valence-electron chi connectivity index (χ2n) is 3.16. The van der Waals surface area contributed by atoms with Gasteiger partial charge in [-0.15, -0.1) is 12.4 Å². The highest BCUT2D eigenvalue weighted by molar-refractivity contribution is 5.85. The van der Waals surface area contributed by atoms with Gasteiger partial charge >= 0.3 is 0 Å². The van der Waals surface area contributed by atoms with Gasteiger partial charge in [0.2, 0.25) is 0 Å². The van der Waals surface area contributed by atoms with Gasteiger partial charge in [-0.25, -0.2) is 0 Å². The minimum Gasteiger partial charge on any atom is -0.386 e. The lowest BCUT2D eigenvalue weighted by Gasteiger charge is -2.00. The zero-order valence-electron chi connectivity index (χ0n) is 8.55. The molecule has 1 aromatic carbocycles. The Bertz CT molecular complexity index is 397. The number of nitrogens with zero attached hydrogens (tertiary/aromatic N) is 2. The smallest absolute Gasteiger partial charge is 0.0724 e. The van der Waals surface area contributed by atoms with Crippen LogP contribution in [-0.2, 0) is 6.54 Å². The van der Waals surface area contributed by atoms with Gasteiger partial charge in [0.05, 0.1) is 18.4 Å². The van der Waals surface area contributed by atoms with Gasteiger partial charge in [-0.05, 0) is 5.56 Å². The number of hydrogen-bond acceptors (Lipinski definition) is 2. The molecule has 0 bridgehead atoms. The lowest BCUT2D eigenvalue weighted by molar-refractivity contribution is 0.687. The number of aromatic nitrogens is 2. The summed E-state index contributed by atoms with van der Waals surface area (Å²) in [7, 11) is 1.89. The van der Waals surface area contributed by atoms with Crippen LogP contribution in [0.2, 0.25) is 0 Å². The fourth-order valence-electron chi connectivity index (χ4n) is 1.35. The molecule has 0 atom stereocenters. The maximum absolute atomic E-state index is 4.24. The van der Waals surface area contributed by atoms with Crippen LogP contribution in [0.25, 0.3) is 0 Å². The van der Waals surface area contributed by atoms with Crippen LogP contribution < -0.4 is 5.32 Å². The Morgan fingerprint density at radius 2 is 2.00 bits per heavy atom. The first-order chi connectivity index (χ1) is 6.88. The van der Waals surface area contributed by atoms with E-state index >= 15 is 0 Å². The zero-order valence-corrected chi connectivity index (χ0v) is 9.37. The number of anilines is 1. The van der Waals surface area contributed by atoms with Gasteiger partial charge in [0.25, 0.3) is 0 Å². The van der Waals surface area contributed by atoms with Crippen LogP contribution in [0.15, 0.2) is 42.7 Å². The summed E-state index contributed by atoms with van der Waals surface area (Å²) in [5.74, 6) is 0. The zero-order chi connectivity index (χ0) is 9.80. The molecule has 0 radical (unpaired) electrons. The molecular formula is C11H14ClN3. The van der Waals surface area contributed by atoms with Gasteiger partial charge in [0.1, 0.15) is 0 Å². The summed E-state index contributed by atoms with van der Waals surface area (Å²) < 4.78 is 1.92. The second-order valence-corrected chi connectivity index (χ2v) is 3.16. The molecule has 0 fully saturated rings. The lowest BCUT2D eigenvalue weighted by Crippen LogP contribution is -1.99. The van der Waals surface area contributed by atoms with Gasteiger partial charge in [-0.1, -0.05) is 30.3 Å². The summed E-state index contributed by atoms with van der Waals surface area (Å²) in [6.07, 6.45) is 3.82. The van der Waals surface area contributed by atoms with Crippen molar-refractivity contribution < 1.29 is 0 Å². The summed E-state index contributed by atoms with van der Waals surface area (Å²) in [5, 5.41) is 7.29. The standard InChI is InChI=1S/C11H13N3.ClH/c1-12-11-7-13-14(9-11)8-10-5-3-2-4-6-10;/h2-7,9,12H,8H2,1H3;1H. The highest BCUT2D eigenvalue weighted by Gasteiger charge is 1.96. The van der Waals surface area contributed by atoms with Crippen LogP contribution in [0.4, 0.5) is 5.69 Å². The molecule has 2 aromatic rings. The average Bonchev–Trinajstić information content (AvgIpc) is 2.67. The van der Waals surface area contributed by atoms with Crippen LogP contribution in [-0.4, -0.2) is 16.8 Å². The minimum absolute atomic E-state index is 0. The molecule has 0 aliphatic heterocycles. The van der Waals surface area contributed by atoms with E-state index in [9.17, 15) is 0 Å². The molecule has 0 saturated carbocycles. The third-order valence-corrected chi connectivity index (χ3v) is 2.11. The molecule has 0 spiro atoms. The van der Waals surface area contributed by atoms with E-state index in [-0.39, 0.29) is 12.4 Å². The van der Waals surface area contributed by atoms with Crippen molar-refractivity contribution in [2.24, 2.45) is 0 Å². The third-order valence-electron chi connectivity index (χ3n) is 2.11. The van der Waals surface area contributed by atoms with Crippen molar-refractivity contribution in [2.75, 3.05) is 12.4 Å². The lowest BCUT2D eigenvalue weighted by atomic mass is 10.2.